The predicted molar refractivity (Wildman–Crippen MR) is 78.6 cm³/mol. The number of aryl methyl sites for hydroxylation is 1. The van der Waals surface area contributed by atoms with Crippen molar-refractivity contribution < 1.29 is 4.79 Å². The first kappa shape index (κ1) is 13.5. The van der Waals surface area contributed by atoms with Gasteiger partial charge in [-0.2, -0.15) is 10.2 Å². The van der Waals surface area contributed by atoms with Crippen LogP contribution in [0.3, 0.4) is 0 Å². The highest BCUT2D eigenvalue weighted by Crippen LogP contribution is 2.40. The van der Waals surface area contributed by atoms with Crippen molar-refractivity contribution in [2.45, 2.75) is 25.8 Å². The zero-order chi connectivity index (χ0) is 14.7. The number of carbonyl (C=O) groups is 1. The largest absolute Gasteiger partial charge is 0.331 e. The molecule has 2 amide bonds. The Balaban J connectivity index is 1.69. The number of aromatic nitrogens is 3. The maximum absolute atomic E-state index is 12.2. The van der Waals surface area contributed by atoms with Gasteiger partial charge in [0.2, 0.25) is 0 Å². The van der Waals surface area contributed by atoms with Crippen LogP contribution < -0.4 is 10.6 Å². The molecule has 2 heterocycles. The average Bonchev–Trinajstić information content (AvgIpc) is 3.33. The maximum Gasteiger partial charge on any atom is 0.319 e. The van der Waals surface area contributed by atoms with Crippen molar-refractivity contribution in [2.24, 2.45) is 5.92 Å². The van der Waals surface area contributed by atoms with Crippen LogP contribution in [0.25, 0.3) is 0 Å². The third-order valence-electron chi connectivity index (χ3n) is 3.60. The van der Waals surface area contributed by atoms with E-state index in [2.05, 4.69) is 25.8 Å². The fourth-order valence-electron chi connectivity index (χ4n) is 2.31. The minimum atomic E-state index is -0.222. The monoisotopic (exact) mass is 283 g/mol. The normalized spacial score (nSPS) is 15.3. The van der Waals surface area contributed by atoms with E-state index in [1.54, 1.807) is 24.7 Å². The van der Waals surface area contributed by atoms with Gasteiger partial charge in [0, 0.05) is 12.4 Å². The van der Waals surface area contributed by atoms with E-state index in [1.807, 2.05) is 19.1 Å². The van der Waals surface area contributed by atoms with Crippen LogP contribution in [-0.4, -0.2) is 21.2 Å². The van der Waals surface area contributed by atoms with Crippen LogP contribution in [0.4, 0.5) is 10.5 Å². The van der Waals surface area contributed by atoms with E-state index in [9.17, 15) is 4.79 Å². The Morgan fingerprint density at radius 1 is 1.24 bits per heavy atom. The highest BCUT2D eigenvalue weighted by molar-refractivity contribution is 5.90. The van der Waals surface area contributed by atoms with Gasteiger partial charge in [-0.05, 0) is 49.4 Å². The van der Waals surface area contributed by atoms with Crippen LogP contribution in [-0.2, 0) is 0 Å². The molecule has 2 aromatic heterocycles. The standard InChI is InChI=1S/C15H17N5O/c1-10-13(6-9-17-20-10)18-15(21)19-14(11-2-3-11)12-4-7-16-8-5-12/h4-9,11,14H,2-3H2,1H3,(H2,17,18,19,21). The van der Waals surface area contributed by atoms with Crippen molar-refractivity contribution in [3.8, 4) is 0 Å². The lowest BCUT2D eigenvalue weighted by atomic mass is 10.0. The molecule has 1 fully saturated rings. The number of anilines is 1. The fraction of sp³-hybridized carbons (Fsp3) is 0.333. The molecule has 0 radical (unpaired) electrons. The molecule has 6 heteroatoms. The van der Waals surface area contributed by atoms with Gasteiger partial charge in [-0.1, -0.05) is 0 Å². The summed E-state index contributed by atoms with van der Waals surface area (Å²) in [5, 5.41) is 13.6. The Kier molecular flexibility index (Phi) is 3.77. The molecule has 1 unspecified atom stereocenters. The van der Waals surface area contributed by atoms with Crippen LogP contribution in [0.2, 0.25) is 0 Å². The van der Waals surface area contributed by atoms with Crippen molar-refractivity contribution in [3.63, 3.8) is 0 Å². The second-order valence-electron chi connectivity index (χ2n) is 5.22. The van der Waals surface area contributed by atoms with Crippen molar-refractivity contribution >= 4 is 11.7 Å². The summed E-state index contributed by atoms with van der Waals surface area (Å²) in [7, 11) is 0. The molecule has 1 aliphatic rings. The van der Waals surface area contributed by atoms with E-state index >= 15 is 0 Å². The number of hydrogen-bond donors (Lipinski definition) is 2. The molecular formula is C15H17N5O. The molecule has 0 bridgehead atoms. The summed E-state index contributed by atoms with van der Waals surface area (Å²) in [5.41, 5.74) is 2.46. The lowest BCUT2D eigenvalue weighted by molar-refractivity contribution is 0.247. The average molecular weight is 283 g/mol. The summed E-state index contributed by atoms with van der Waals surface area (Å²) < 4.78 is 0. The molecule has 0 aliphatic heterocycles. The quantitative estimate of drug-likeness (QED) is 0.903. The predicted octanol–water partition coefficient (Wildman–Crippen LogP) is 2.45. The van der Waals surface area contributed by atoms with Gasteiger partial charge in [0.05, 0.1) is 23.6 Å². The molecule has 0 saturated heterocycles. The summed E-state index contributed by atoms with van der Waals surface area (Å²) in [6, 6.07) is 5.44. The van der Waals surface area contributed by atoms with Gasteiger partial charge < -0.3 is 10.6 Å². The third kappa shape index (κ3) is 3.34. The van der Waals surface area contributed by atoms with E-state index in [-0.39, 0.29) is 12.1 Å². The van der Waals surface area contributed by atoms with Gasteiger partial charge in [-0.15, -0.1) is 0 Å². The third-order valence-corrected chi connectivity index (χ3v) is 3.60. The number of pyridine rings is 1. The highest BCUT2D eigenvalue weighted by Gasteiger charge is 2.33. The summed E-state index contributed by atoms with van der Waals surface area (Å²) in [5.74, 6) is 0.509. The number of nitrogens with one attached hydrogen (secondary N) is 2. The first-order chi connectivity index (χ1) is 10.2. The lowest BCUT2D eigenvalue weighted by Crippen LogP contribution is -2.34. The van der Waals surface area contributed by atoms with Crippen molar-refractivity contribution in [3.05, 3.63) is 48.0 Å². The Bertz CT molecular complexity index is 627. The summed E-state index contributed by atoms with van der Waals surface area (Å²) in [4.78, 5) is 16.2. The van der Waals surface area contributed by atoms with Crippen LogP contribution in [0.5, 0.6) is 0 Å². The van der Waals surface area contributed by atoms with Crippen LogP contribution >= 0.6 is 0 Å². The van der Waals surface area contributed by atoms with Gasteiger partial charge in [-0.3, -0.25) is 4.98 Å². The fourth-order valence-corrected chi connectivity index (χ4v) is 2.31. The number of amides is 2. The summed E-state index contributed by atoms with van der Waals surface area (Å²) in [6.45, 7) is 1.81. The summed E-state index contributed by atoms with van der Waals surface area (Å²) in [6.07, 6.45) is 7.35. The Labute approximate surface area is 123 Å². The Morgan fingerprint density at radius 2 is 2.00 bits per heavy atom. The second-order valence-corrected chi connectivity index (χ2v) is 5.22. The SMILES string of the molecule is Cc1nnccc1NC(=O)NC(c1ccncc1)C1CC1. The van der Waals surface area contributed by atoms with E-state index in [1.165, 1.54) is 0 Å². The molecule has 21 heavy (non-hydrogen) atoms. The molecule has 1 aliphatic carbocycles. The molecule has 2 aromatic rings. The molecular weight excluding hydrogens is 266 g/mol. The molecule has 3 rings (SSSR count). The smallest absolute Gasteiger partial charge is 0.319 e. The van der Waals surface area contributed by atoms with Crippen LogP contribution in [0, 0.1) is 12.8 Å². The zero-order valence-corrected chi connectivity index (χ0v) is 11.8. The van der Waals surface area contributed by atoms with E-state index < -0.39 is 0 Å². The van der Waals surface area contributed by atoms with Crippen molar-refractivity contribution in [2.75, 3.05) is 5.32 Å². The molecule has 0 aromatic carbocycles. The van der Waals surface area contributed by atoms with Crippen molar-refractivity contribution in [1.29, 1.82) is 0 Å². The van der Waals surface area contributed by atoms with Gasteiger partial charge >= 0.3 is 6.03 Å². The minimum absolute atomic E-state index is 0.0307. The first-order valence-electron chi connectivity index (χ1n) is 7.00. The molecule has 108 valence electrons. The van der Waals surface area contributed by atoms with Gasteiger partial charge in [0.25, 0.3) is 0 Å². The number of nitrogens with zero attached hydrogens (tertiary/aromatic N) is 3. The van der Waals surface area contributed by atoms with Gasteiger partial charge in [0.15, 0.2) is 0 Å². The number of carbonyl (C=O) groups excluding carboxylic acids is 1. The van der Waals surface area contributed by atoms with E-state index in [0.717, 1.165) is 18.4 Å². The highest BCUT2D eigenvalue weighted by atomic mass is 16.2. The molecule has 0 spiro atoms. The molecule has 1 saturated carbocycles. The van der Waals surface area contributed by atoms with Gasteiger partial charge in [0.1, 0.15) is 0 Å². The van der Waals surface area contributed by atoms with Crippen molar-refractivity contribution in [1.82, 2.24) is 20.5 Å². The topological polar surface area (TPSA) is 79.8 Å². The summed E-state index contributed by atoms with van der Waals surface area (Å²) >= 11 is 0. The van der Waals surface area contributed by atoms with E-state index in [4.69, 9.17) is 0 Å². The maximum atomic E-state index is 12.2. The number of urea groups is 1. The Morgan fingerprint density at radius 3 is 2.67 bits per heavy atom. The molecule has 2 N–H and O–H groups in total. The van der Waals surface area contributed by atoms with Crippen LogP contribution in [0.15, 0.2) is 36.8 Å². The molecule has 1 atom stereocenters. The Hall–Kier alpha value is -2.50. The number of rotatable bonds is 4. The molecule has 6 nitrogen and oxygen atoms in total. The number of hydrogen-bond acceptors (Lipinski definition) is 4. The van der Waals surface area contributed by atoms with Gasteiger partial charge in [-0.25, -0.2) is 4.79 Å². The first-order valence-corrected chi connectivity index (χ1v) is 7.00. The minimum Gasteiger partial charge on any atom is -0.331 e. The zero-order valence-electron chi connectivity index (χ0n) is 11.8. The van der Waals surface area contributed by atoms with Crippen LogP contribution in [0.1, 0.15) is 30.1 Å². The van der Waals surface area contributed by atoms with E-state index in [0.29, 0.717) is 17.3 Å². The lowest BCUT2D eigenvalue weighted by Gasteiger charge is -2.19. The second kappa shape index (κ2) is 5.87.